The first-order valence-electron chi connectivity index (χ1n) is 7.68. The number of halogens is 2. The minimum Gasteiger partial charge on any atom is -0.443 e. The number of hydrogen-bond acceptors (Lipinski definition) is 5. The number of hydrogen-bond donors (Lipinski definition) is 1. The number of nitrogens with zero attached hydrogens (tertiary/aromatic N) is 1. The molecule has 136 valence electrons. The predicted molar refractivity (Wildman–Crippen MR) is 96.6 cm³/mol. The molecule has 0 radical (unpaired) electrons. The summed E-state index contributed by atoms with van der Waals surface area (Å²) in [5, 5.41) is -0.172. The molecule has 2 aromatic carbocycles. The van der Waals surface area contributed by atoms with Crippen LogP contribution in [0.3, 0.4) is 0 Å². The summed E-state index contributed by atoms with van der Waals surface area (Å²) in [4.78, 5) is 16.7. The van der Waals surface area contributed by atoms with E-state index < -0.39 is 21.6 Å². The molecule has 0 amide bonds. The molecule has 0 aliphatic carbocycles. The Balaban J connectivity index is 2.02. The van der Waals surface area contributed by atoms with Crippen molar-refractivity contribution in [3.8, 4) is 0 Å². The fourth-order valence-corrected chi connectivity index (χ4v) is 3.90. The van der Waals surface area contributed by atoms with Gasteiger partial charge in [0.1, 0.15) is 11.3 Å². The predicted octanol–water partition coefficient (Wildman–Crippen LogP) is 4.00. The van der Waals surface area contributed by atoms with Crippen molar-refractivity contribution < 1.29 is 22.0 Å². The molecule has 0 spiro atoms. The second-order valence-corrected chi connectivity index (χ2v) is 7.82. The molecule has 0 aliphatic rings. The molecular formula is C17H14ClFN2O4S. The van der Waals surface area contributed by atoms with Gasteiger partial charge in [0.15, 0.2) is 17.8 Å². The Labute approximate surface area is 154 Å². The normalized spacial score (nSPS) is 11.7. The molecule has 0 saturated carbocycles. The Bertz CT molecular complexity index is 1100. The summed E-state index contributed by atoms with van der Waals surface area (Å²) in [6.07, 6.45) is 1.62. The molecule has 3 rings (SSSR count). The highest BCUT2D eigenvalue weighted by Gasteiger charge is 2.21. The Morgan fingerprint density at radius 1 is 1.31 bits per heavy atom. The third kappa shape index (κ3) is 3.71. The standard InChI is InChI=1S/C17H14ClFN2O4S/c1-2-5-26(23,24)21-14-8-11(19)7-12(16(14)18)17(22)10-3-4-13-15(6-10)25-9-20-13/h3-4,6-9,21H,2,5H2,1H3. The minimum absolute atomic E-state index is 0.148. The molecule has 6 nitrogen and oxygen atoms in total. The molecule has 9 heteroatoms. The van der Waals surface area contributed by atoms with Crippen LogP contribution >= 0.6 is 11.6 Å². The SMILES string of the molecule is CCCS(=O)(=O)Nc1cc(F)cc(C(=O)c2ccc3ncoc3c2)c1Cl. The van der Waals surface area contributed by atoms with Crippen LogP contribution in [0.4, 0.5) is 10.1 Å². The summed E-state index contributed by atoms with van der Waals surface area (Å²) in [6, 6.07) is 6.46. The van der Waals surface area contributed by atoms with Crippen molar-refractivity contribution in [1.82, 2.24) is 4.98 Å². The average Bonchev–Trinajstić information content (AvgIpc) is 3.04. The number of aromatic nitrogens is 1. The lowest BCUT2D eigenvalue weighted by molar-refractivity contribution is 0.103. The number of anilines is 1. The zero-order chi connectivity index (χ0) is 18.9. The van der Waals surface area contributed by atoms with Gasteiger partial charge < -0.3 is 4.42 Å². The summed E-state index contributed by atoms with van der Waals surface area (Å²) >= 11 is 6.18. The highest BCUT2D eigenvalue weighted by molar-refractivity contribution is 7.92. The molecule has 0 bridgehead atoms. The number of carbonyl (C=O) groups is 1. The molecule has 1 aromatic heterocycles. The second kappa shape index (κ2) is 7.05. The largest absolute Gasteiger partial charge is 0.443 e. The van der Waals surface area contributed by atoms with Gasteiger partial charge in [-0.3, -0.25) is 9.52 Å². The van der Waals surface area contributed by atoms with E-state index in [0.717, 1.165) is 12.1 Å². The molecule has 3 aromatic rings. The number of nitrogens with one attached hydrogen (secondary N) is 1. The van der Waals surface area contributed by atoms with Crippen molar-refractivity contribution in [2.75, 3.05) is 10.5 Å². The molecule has 26 heavy (non-hydrogen) atoms. The Morgan fingerprint density at radius 3 is 2.81 bits per heavy atom. The fraction of sp³-hybridized carbons (Fsp3) is 0.176. The van der Waals surface area contributed by atoms with Gasteiger partial charge in [-0.05, 0) is 36.8 Å². The van der Waals surface area contributed by atoms with E-state index in [4.69, 9.17) is 16.0 Å². The monoisotopic (exact) mass is 396 g/mol. The molecule has 0 unspecified atom stereocenters. The van der Waals surface area contributed by atoms with Crippen molar-refractivity contribution in [1.29, 1.82) is 0 Å². The van der Waals surface area contributed by atoms with Gasteiger partial charge in [-0.1, -0.05) is 18.5 Å². The van der Waals surface area contributed by atoms with E-state index in [1.54, 1.807) is 13.0 Å². The highest BCUT2D eigenvalue weighted by Crippen LogP contribution is 2.30. The summed E-state index contributed by atoms with van der Waals surface area (Å²) < 4.78 is 45.2. The second-order valence-electron chi connectivity index (χ2n) is 5.60. The Kier molecular flexibility index (Phi) is 4.97. The van der Waals surface area contributed by atoms with E-state index in [0.29, 0.717) is 17.5 Å². The quantitative estimate of drug-likeness (QED) is 0.636. The van der Waals surface area contributed by atoms with E-state index in [9.17, 15) is 17.6 Å². The van der Waals surface area contributed by atoms with Crippen molar-refractivity contribution in [2.45, 2.75) is 13.3 Å². The van der Waals surface area contributed by atoms with E-state index >= 15 is 0 Å². The van der Waals surface area contributed by atoms with Crippen LogP contribution in [0.25, 0.3) is 11.1 Å². The van der Waals surface area contributed by atoms with Gasteiger partial charge >= 0.3 is 0 Å². The summed E-state index contributed by atoms with van der Waals surface area (Å²) in [5.74, 6) is -1.50. The molecule has 1 heterocycles. The minimum atomic E-state index is -3.69. The zero-order valence-corrected chi connectivity index (χ0v) is 15.2. The molecule has 0 saturated heterocycles. The van der Waals surface area contributed by atoms with Gasteiger partial charge in [0, 0.05) is 11.1 Å². The van der Waals surface area contributed by atoms with Crippen molar-refractivity contribution in [3.63, 3.8) is 0 Å². The summed E-state index contributed by atoms with van der Waals surface area (Å²) in [6.45, 7) is 1.70. The van der Waals surface area contributed by atoms with E-state index in [-0.39, 0.29) is 27.6 Å². The number of oxazole rings is 1. The summed E-state index contributed by atoms with van der Waals surface area (Å²) in [5.41, 5.74) is 0.847. The van der Waals surface area contributed by atoms with Crippen LogP contribution < -0.4 is 4.72 Å². The maximum Gasteiger partial charge on any atom is 0.232 e. The van der Waals surface area contributed by atoms with E-state index in [2.05, 4.69) is 9.71 Å². The highest BCUT2D eigenvalue weighted by atomic mass is 35.5. The third-order valence-electron chi connectivity index (χ3n) is 3.61. The smallest absolute Gasteiger partial charge is 0.232 e. The molecular weight excluding hydrogens is 383 g/mol. The first-order valence-corrected chi connectivity index (χ1v) is 9.71. The third-order valence-corrected chi connectivity index (χ3v) is 5.50. The average molecular weight is 397 g/mol. The van der Waals surface area contributed by atoms with Gasteiger partial charge in [-0.15, -0.1) is 0 Å². The van der Waals surface area contributed by atoms with Crippen LogP contribution in [0.5, 0.6) is 0 Å². The maximum atomic E-state index is 14.0. The first-order chi connectivity index (χ1) is 12.3. The fourth-order valence-electron chi connectivity index (χ4n) is 2.47. The van der Waals surface area contributed by atoms with Gasteiger partial charge in [0.2, 0.25) is 10.0 Å². The lowest BCUT2D eigenvalue weighted by Gasteiger charge is -2.12. The van der Waals surface area contributed by atoms with E-state index in [1.165, 1.54) is 18.5 Å². The van der Waals surface area contributed by atoms with Crippen molar-refractivity contribution in [3.05, 3.63) is 58.7 Å². The maximum absolute atomic E-state index is 14.0. The van der Waals surface area contributed by atoms with Crippen LogP contribution in [-0.2, 0) is 10.0 Å². The number of carbonyl (C=O) groups excluding carboxylic acids is 1. The molecule has 1 N–H and O–H groups in total. The lowest BCUT2D eigenvalue weighted by atomic mass is 10.0. The van der Waals surface area contributed by atoms with Crippen LogP contribution in [0.15, 0.2) is 41.1 Å². The Hall–Kier alpha value is -2.45. The van der Waals surface area contributed by atoms with Crippen LogP contribution in [0.1, 0.15) is 29.3 Å². The van der Waals surface area contributed by atoms with Crippen LogP contribution in [0, 0.1) is 5.82 Å². The van der Waals surface area contributed by atoms with Crippen LogP contribution in [-0.4, -0.2) is 24.9 Å². The number of ketones is 1. The van der Waals surface area contributed by atoms with Gasteiger partial charge in [0.05, 0.1) is 16.5 Å². The molecule has 0 fully saturated rings. The summed E-state index contributed by atoms with van der Waals surface area (Å²) in [7, 11) is -3.69. The first kappa shape index (κ1) is 18.3. The van der Waals surface area contributed by atoms with Crippen LogP contribution in [0.2, 0.25) is 5.02 Å². The number of rotatable bonds is 6. The van der Waals surface area contributed by atoms with Crippen molar-refractivity contribution in [2.24, 2.45) is 0 Å². The Morgan fingerprint density at radius 2 is 2.08 bits per heavy atom. The molecule has 0 atom stereocenters. The molecule has 0 aliphatic heterocycles. The van der Waals surface area contributed by atoms with Crippen molar-refractivity contribution >= 4 is 44.2 Å². The van der Waals surface area contributed by atoms with Gasteiger partial charge in [-0.2, -0.15) is 0 Å². The number of fused-ring (bicyclic) bond motifs is 1. The lowest BCUT2D eigenvalue weighted by Crippen LogP contribution is -2.17. The van der Waals surface area contributed by atoms with E-state index in [1.807, 2.05) is 0 Å². The number of benzene rings is 2. The van der Waals surface area contributed by atoms with Gasteiger partial charge in [-0.25, -0.2) is 17.8 Å². The van der Waals surface area contributed by atoms with Gasteiger partial charge in [0.25, 0.3) is 0 Å². The number of sulfonamides is 1. The topological polar surface area (TPSA) is 89.3 Å². The zero-order valence-electron chi connectivity index (χ0n) is 13.6.